The van der Waals surface area contributed by atoms with E-state index in [0.29, 0.717) is 0 Å². The van der Waals surface area contributed by atoms with Gasteiger partial charge in [0, 0.05) is 60.4 Å². The molecule has 53 heavy (non-hydrogen) atoms. The molecule has 0 aliphatic heterocycles. The molecular formula is C50H36N2O. The van der Waals surface area contributed by atoms with Crippen molar-refractivity contribution in [3.63, 3.8) is 0 Å². The summed E-state index contributed by atoms with van der Waals surface area (Å²) in [4.78, 5) is 0. The molecular weight excluding hydrogens is 645 g/mol. The number of furan rings is 1. The lowest BCUT2D eigenvalue weighted by molar-refractivity contribution is 0.630. The molecule has 1 aliphatic carbocycles. The molecule has 0 N–H and O–H groups in total. The molecule has 252 valence electrons. The van der Waals surface area contributed by atoms with Crippen molar-refractivity contribution in [2.45, 2.75) is 26.2 Å². The van der Waals surface area contributed by atoms with Crippen molar-refractivity contribution in [1.82, 2.24) is 9.13 Å². The summed E-state index contributed by atoms with van der Waals surface area (Å²) in [5.41, 5.74) is 16.4. The van der Waals surface area contributed by atoms with E-state index in [4.69, 9.17) is 4.42 Å². The minimum Gasteiger partial charge on any atom is -0.455 e. The molecule has 0 fully saturated rings. The van der Waals surface area contributed by atoms with Crippen molar-refractivity contribution >= 4 is 60.7 Å². The summed E-state index contributed by atoms with van der Waals surface area (Å²) in [6, 6.07) is 52.9. The van der Waals surface area contributed by atoms with E-state index < -0.39 is 0 Å². The molecule has 0 bridgehead atoms. The van der Waals surface area contributed by atoms with Gasteiger partial charge in [0.05, 0.1) is 22.1 Å². The number of rotatable bonds is 4. The van der Waals surface area contributed by atoms with E-state index in [9.17, 15) is 0 Å². The predicted octanol–water partition coefficient (Wildman–Crippen LogP) is 13.6. The molecule has 0 spiro atoms. The fraction of sp³-hybridized carbons (Fsp3) is 0.0800. The highest BCUT2D eigenvalue weighted by Gasteiger charge is 2.41. The number of aryl methyl sites for hydroxylation is 1. The molecule has 0 saturated heterocycles. The second-order valence-corrected chi connectivity index (χ2v) is 15.0. The Hall–Kier alpha value is -6.58. The number of fused-ring (bicyclic) bond motifs is 13. The molecule has 3 heterocycles. The largest absolute Gasteiger partial charge is 0.455 e. The second kappa shape index (κ2) is 10.7. The standard InChI is InChI=1S/C50H36N2O/c1-5-33-38-29-32(27-28-42(38)53-49(33)34-20-10-9-17-30(34)2)52-41-26-16-13-23-37(41)45-47(52)43-35-21-11-14-24-39(35)50(3,4)46(43)44-36-22-12-15-25-40(36)51(48(44)45)31-18-7-6-8-19-31/h5-29H,1H2,2-4H3. The number of nitrogens with zero attached hydrogens (tertiary/aromatic N) is 2. The van der Waals surface area contributed by atoms with E-state index in [0.717, 1.165) is 39.2 Å². The van der Waals surface area contributed by atoms with Crippen molar-refractivity contribution in [3.8, 4) is 33.8 Å². The van der Waals surface area contributed by atoms with Crippen LogP contribution in [0.15, 0.2) is 157 Å². The quantitative estimate of drug-likeness (QED) is 0.181. The van der Waals surface area contributed by atoms with Crippen LogP contribution in [0, 0.1) is 6.92 Å². The molecule has 11 rings (SSSR count). The number of hydrogen-bond acceptors (Lipinski definition) is 1. The molecule has 3 heteroatoms. The first-order chi connectivity index (χ1) is 26.0. The number of para-hydroxylation sites is 3. The average molecular weight is 681 g/mol. The summed E-state index contributed by atoms with van der Waals surface area (Å²) in [5, 5.41) is 6.16. The molecule has 3 aromatic heterocycles. The normalized spacial score (nSPS) is 13.4. The van der Waals surface area contributed by atoms with Gasteiger partial charge >= 0.3 is 0 Å². The van der Waals surface area contributed by atoms with E-state index in [1.807, 2.05) is 6.08 Å². The van der Waals surface area contributed by atoms with Crippen molar-refractivity contribution in [2.24, 2.45) is 0 Å². The van der Waals surface area contributed by atoms with Crippen LogP contribution in [0.1, 0.15) is 36.1 Å². The highest BCUT2D eigenvalue weighted by molar-refractivity contribution is 6.31. The molecule has 0 atom stereocenters. The Labute approximate surface area is 307 Å². The van der Waals surface area contributed by atoms with Crippen molar-refractivity contribution in [1.29, 1.82) is 0 Å². The minimum absolute atomic E-state index is 0.238. The van der Waals surface area contributed by atoms with Gasteiger partial charge in [0.15, 0.2) is 0 Å². The summed E-state index contributed by atoms with van der Waals surface area (Å²) >= 11 is 0. The fourth-order valence-electron chi connectivity index (χ4n) is 9.55. The van der Waals surface area contributed by atoms with Crippen molar-refractivity contribution < 1.29 is 4.42 Å². The first-order valence-corrected chi connectivity index (χ1v) is 18.4. The molecule has 0 radical (unpaired) electrons. The van der Waals surface area contributed by atoms with Crippen LogP contribution < -0.4 is 0 Å². The highest BCUT2D eigenvalue weighted by atomic mass is 16.3. The van der Waals surface area contributed by atoms with Gasteiger partial charge in [-0.05, 0) is 71.6 Å². The lowest BCUT2D eigenvalue weighted by Gasteiger charge is -2.23. The molecule has 0 saturated carbocycles. The van der Waals surface area contributed by atoms with Crippen LogP contribution in [0.2, 0.25) is 0 Å². The van der Waals surface area contributed by atoms with Crippen molar-refractivity contribution in [2.75, 3.05) is 0 Å². The molecule has 7 aromatic carbocycles. The Balaban J connectivity index is 1.37. The maximum atomic E-state index is 6.62. The second-order valence-electron chi connectivity index (χ2n) is 15.0. The van der Waals surface area contributed by atoms with Crippen LogP contribution in [-0.2, 0) is 5.41 Å². The van der Waals surface area contributed by atoms with Gasteiger partial charge in [0.2, 0.25) is 0 Å². The fourth-order valence-corrected chi connectivity index (χ4v) is 9.55. The van der Waals surface area contributed by atoms with Gasteiger partial charge in [-0.1, -0.05) is 130 Å². The summed E-state index contributed by atoms with van der Waals surface area (Å²) in [6.45, 7) is 11.2. The van der Waals surface area contributed by atoms with Gasteiger partial charge in [0.25, 0.3) is 0 Å². The summed E-state index contributed by atoms with van der Waals surface area (Å²) < 4.78 is 11.6. The van der Waals surface area contributed by atoms with Crippen LogP contribution >= 0.6 is 0 Å². The van der Waals surface area contributed by atoms with E-state index in [-0.39, 0.29) is 5.41 Å². The average Bonchev–Trinajstić information content (AvgIpc) is 3.90. The van der Waals surface area contributed by atoms with Crippen molar-refractivity contribution in [3.05, 3.63) is 174 Å². The van der Waals surface area contributed by atoms with Gasteiger partial charge in [-0.3, -0.25) is 0 Å². The maximum Gasteiger partial charge on any atom is 0.142 e. The van der Waals surface area contributed by atoms with Crippen LogP contribution in [0.4, 0.5) is 0 Å². The van der Waals surface area contributed by atoms with Gasteiger partial charge in [-0.2, -0.15) is 0 Å². The van der Waals surface area contributed by atoms with E-state index in [1.165, 1.54) is 71.4 Å². The van der Waals surface area contributed by atoms with E-state index >= 15 is 0 Å². The molecule has 10 aromatic rings. The first-order valence-electron chi connectivity index (χ1n) is 18.4. The minimum atomic E-state index is -0.238. The van der Waals surface area contributed by atoms with Gasteiger partial charge in [0.1, 0.15) is 11.3 Å². The summed E-state index contributed by atoms with van der Waals surface area (Å²) in [6.07, 6.45) is 1.95. The monoisotopic (exact) mass is 680 g/mol. The lowest BCUT2D eigenvalue weighted by atomic mass is 9.80. The SMILES string of the molecule is C=Cc1c(-c2ccccc2C)oc2ccc(-n3c4ccccc4c4c3c3c(c5c6ccccc6n(-c6ccccc6)c54)C(C)(C)c4ccccc4-3)cc12. The third-order valence-electron chi connectivity index (χ3n) is 11.8. The zero-order valence-corrected chi connectivity index (χ0v) is 29.9. The number of benzene rings is 7. The zero-order chi connectivity index (χ0) is 35.6. The van der Waals surface area contributed by atoms with Gasteiger partial charge in [-0.15, -0.1) is 0 Å². The third kappa shape index (κ3) is 3.89. The predicted molar refractivity (Wildman–Crippen MR) is 223 cm³/mol. The molecule has 3 nitrogen and oxygen atoms in total. The molecule has 0 amide bonds. The van der Waals surface area contributed by atoms with Gasteiger partial charge < -0.3 is 13.6 Å². The summed E-state index contributed by atoms with van der Waals surface area (Å²) in [7, 11) is 0. The Kier molecular flexibility index (Phi) is 6.09. The maximum absolute atomic E-state index is 6.62. The third-order valence-corrected chi connectivity index (χ3v) is 11.8. The number of hydrogen-bond donors (Lipinski definition) is 0. The lowest BCUT2D eigenvalue weighted by Crippen LogP contribution is -2.15. The molecule has 0 unspecified atom stereocenters. The Morgan fingerprint density at radius 3 is 1.94 bits per heavy atom. The van der Waals surface area contributed by atoms with Crippen LogP contribution in [0.3, 0.4) is 0 Å². The van der Waals surface area contributed by atoms with Gasteiger partial charge in [-0.25, -0.2) is 0 Å². The van der Waals surface area contributed by atoms with Crippen LogP contribution in [0.25, 0.3) is 94.5 Å². The van der Waals surface area contributed by atoms with E-state index in [2.05, 4.69) is 182 Å². The zero-order valence-electron chi connectivity index (χ0n) is 29.9. The topological polar surface area (TPSA) is 23.0 Å². The van der Waals surface area contributed by atoms with Crippen LogP contribution in [-0.4, -0.2) is 9.13 Å². The van der Waals surface area contributed by atoms with E-state index in [1.54, 1.807) is 0 Å². The Bertz CT molecular complexity index is 3170. The molecule has 1 aliphatic rings. The Morgan fingerprint density at radius 1 is 0.585 bits per heavy atom. The summed E-state index contributed by atoms with van der Waals surface area (Å²) in [5.74, 6) is 0.859. The smallest absolute Gasteiger partial charge is 0.142 e. The Morgan fingerprint density at radius 2 is 1.21 bits per heavy atom. The van der Waals surface area contributed by atoms with Crippen LogP contribution in [0.5, 0.6) is 0 Å². The first kappa shape index (κ1) is 30.1. The number of aromatic nitrogens is 2. The highest BCUT2D eigenvalue weighted by Crippen LogP contribution is 2.58.